The van der Waals surface area contributed by atoms with Crippen LogP contribution in [0, 0.1) is 27.7 Å². The zero-order valence-electron chi connectivity index (χ0n) is 18.1. The number of ether oxygens (including phenoxy) is 1. The minimum Gasteiger partial charge on any atom is -0.456 e. The first-order valence-corrected chi connectivity index (χ1v) is 9.72. The lowest BCUT2D eigenvalue weighted by Gasteiger charge is -2.22. The van der Waals surface area contributed by atoms with Gasteiger partial charge in [0.1, 0.15) is 17.3 Å². The van der Waals surface area contributed by atoms with E-state index in [9.17, 15) is 9.59 Å². The number of nitrogens with zero attached hydrogens (tertiary/aromatic N) is 2. The first-order chi connectivity index (χ1) is 13.6. The fraction of sp³-hybridized carbons (Fsp3) is 0.409. The Labute approximate surface area is 171 Å². The van der Waals surface area contributed by atoms with Crippen LogP contribution in [0.1, 0.15) is 41.7 Å². The quantitative estimate of drug-likeness (QED) is 0.813. The van der Waals surface area contributed by atoms with Crippen molar-refractivity contribution in [3.63, 3.8) is 0 Å². The van der Waals surface area contributed by atoms with E-state index in [0.29, 0.717) is 17.3 Å². The minimum atomic E-state index is -0.252. The SMILES string of the molecule is Cc1c(C)c(NC(=O)NC(C)C)c(C)c(Oc2ccnc3c2CC(=O)N3C)c1C. The highest BCUT2D eigenvalue weighted by atomic mass is 16.5. The lowest BCUT2D eigenvalue weighted by molar-refractivity contribution is -0.117. The van der Waals surface area contributed by atoms with E-state index in [1.165, 1.54) is 0 Å². The van der Waals surface area contributed by atoms with E-state index in [-0.39, 0.29) is 24.4 Å². The molecule has 0 saturated carbocycles. The average Bonchev–Trinajstić information content (AvgIpc) is 2.95. The number of fused-ring (bicyclic) bond motifs is 1. The van der Waals surface area contributed by atoms with Gasteiger partial charge in [0.25, 0.3) is 0 Å². The molecule has 0 radical (unpaired) electrons. The number of anilines is 2. The van der Waals surface area contributed by atoms with E-state index in [0.717, 1.165) is 33.5 Å². The third-order valence-corrected chi connectivity index (χ3v) is 5.44. The Bertz CT molecular complexity index is 998. The summed E-state index contributed by atoms with van der Waals surface area (Å²) in [6.45, 7) is 11.8. The number of nitrogens with one attached hydrogen (secondary N) is 2. The third kappa shape index (κ3) is 3.77. The molecular weight excluding hydrogens is 368 g/mol. The molecule has 0 atom stereocenters. The smallest absolute Gasteiger partial charge is 0.319 e. The highest BCUT2D eigenvalue weighted by Gasteiger charge is 2.29. The molecule has 3 rings (SSSR count). The number of pyridine rings is 1. The Balaban J connectivity index is 2.03. The molecule has 0 fully saturated rings. The summed E-state index contributed by atoms with van der Waals surface area (Å²) >= 11 is 0. The van der Waals surface area contributed by atoms with E-state index in [1.807, 2.05) is 41.5 Å². The molecule has 0 spiro atoms. The fourth-order valence-electron chi connectivity index (χ4n) is 3.58. The van der Waals surface area contributed by atoms with Gasteiger partial charge in [-0.15, -0.1) is 0 Å². The van der Waals surface area contributed by atoms with Gasteiger partial charge in [0.2, 0.25) is 5.91 Å². The van der Waals surface area contributed by atoms with Gasteiger partial charge in [-0.25, -0.2) is 9.78 Å². The van der Waals surface area contributed by atoms with Crippen LogP contribution in [0.5, 0.6) is 11.5 Å². The first-order valence-electron chi connectivity index (χ1n) is 9.72. The molecule has 29 heavy (non-hydrogen) atoms. The van der Waals surface area contributed by atoms with E-state index in [1.54, 1.807) is 24.2 Å². The fourth-order valence-corrected chi connectivity index (χ4v) is 3.58. The van der Waals surface area contributed by atoms with Crippen molar-refractivity contribution < 1.29 is 14.3 Å². The van der Waals surface area contributed by atoms with Crippen LogP contribution in [0.2, 0.25) is 0 Å². The number of carbonyl (C=O) groups is 2. The summed E-state index contributed by atoms with van der Waals surface area (Å²) in [5.74, 6) is 1.91. The summed E-state index contributed by atoms with van der Waals surface area (Å²) in [4.78, 5) is 30.3. The molecule has 2 heterocycles. The molecular formula is C22H28N4O3. The van der Waals surface area contributed by atoms with Gasteiger partial charge in [-0.3, -0.25) is 9.69 Å². The molecule has 1 aliphatic rings. The average molecular weight is 396 g/mol. The number of rotatable bonds is 4. The van der Waals surface area contributed by atoms with Crippen molar-refractivity contribution >= 4 is 23.4 Å². The first kappa shape index (κ1) is 20.6. The van der Waals surface area contributed by atoms with Gasteiger partial charge in [0, 0.05) is 30.4 Å². The Morgan fingerprint density at radius 3 is 2.48 bits per heavy atom. The molecule has 154 valence electrons. The van der Waals surface area contributed by atoms with Crippen LogP contribution >= 0.6 is 0 Å². The van der Waals surface area contributed by atoms with Crippen molar-refractivity contribution in [2.75, 3.05) is 17.3 Å². The highest BCUT2D eigenvalue weighted by molar-refractivity contribution is 6.00. The van der Waals surface area contributed by atoms with Crippen molar-refractivity contribution in [1.82, 2.24) is 10.3 Å². The Hall–Kier alpha value is -3.09. The number of aromatic nitrogens is 1. The molecule has 0 aliphatic carbocycles. The summed E-state index contributed by atoms with van der Waals surface area (Å²) in [5.41, 5.74) is 5.40. The van der Waals surface area contributed by atoms with Gasteiger partial charge in [0.05, 0.1) is 12.1 Å². The standard InChI is InChI=1S/C22H28N4O3/c1-11(2)24-22(28)25-19-13(4)12(3)14(5)20(15(19)6)29-17-8-9-23-21-16(17)10-18(27)26(21)7/h8-9,11H,10H2,1-7H3,(H2,24,25,28). The number of hydrogen-bond donors (Lipinski definition) is 2. The largest absolute Gasteiger partial charge is 0.456 e. The Morgan fingerprint density at radius 1 is 1.14 bits per heavy atom. The maximum Gasteiger partial charge on any atom is 0.319 e. The number of likely N-dealkylation sites (N-methyl/N-ethyl adjacent to an activating group) is 1. The lowest BCUT2D eigenvalue weighted by Crippen LogP contribution is -2.34. The predicted molar refractivity (Wildman–Crippen MR) is 114 cm³/mol. The van der Waals surface area contributed by atoms with Crippen molar-refractivity contribution in [3.8, 4) is 11.5 Å². The lowest BCUT2D eigenvalue weighted by atomic mass is 9.96. The maximum atomic E-state index is 12.3. The third-order valence-electron chi connectivity index (χ3n) is 5.44. The number of benzene rings is 1. The van der Waals surface area contributed by atoms with E-state index >= 15 is 0 Å². The molecule has 1 aliphatic heterocycles. The molecule has 7 nitrogen and oxygen atoms in total. The molecule has 1 aromatic heterocycles. The number of urea groups is 1. The summed E-state index contributed by atoms with van der Waals surface area (Å²) < 4.78 is 6.33. The Kier molecular flexibility index (Phi) is 5.50. The van der Waals surface area contributed by atoms with Crippen molar-refractivity contribution in [2.45, 2.75) is 54.0 Å². The highest BCUT2D eigenvalue weighted by Crippen LogP contribution is 2.41. The number of amides is 3. The molecule has 2 aromatic rings. The van der Waals surface area contributed by atoms with Gasteiger partial charge in [-0.1, -0.05) is 0 Å². The Morgan fingerprint density at radius 2 is 1.83 bits per heavy atom. The summed E-state index contributed by atoms with van der Waals surface area (Å²) in [6.07, 6.45) is 1.91. The second kappa shape index (κ2) is 7.73. The van der Waals surface area contributed by atoms with Gasteiger partial charge in [-0.2, -0.15) is 0 Å². The summed E-state index contributed by atoms with van der Waals surface area (Å²) in [7, 11) is 1.72. The molecule has 1 aromatic carbocycles. The van der Waals surface area contributed by atoms with E-state index < -0.39 is 0 Å². The van der Waals surface area contributed by atoms with Crippen LogP contribution in [-0.4, -0.2) is 30.0 Å². The van der Waals surface area contributed by atoms with Crippen molar-refractivity contribution in [1.29, 1.82) is 0 Å². The second-order valence-electron chi connectivity index (χ2n) is 7.80. The predicted octanol–water partition coefficient (Wildman–Crippen LogP) is 4.16. The molecule has 7 heteroatoms. The summed E-state index contributed by atoms with van der Waals surface area (Å²) in [5, 5.41) is 5.82. The van der Waals surface area contributed by atoms with Gasteiger partial charge < -0.3 is 15.4 Å². The maximum absolute atomic E-state index is 12.3. The molecule has 0 unspecified atom stereocenters. The zero-order valence-corrected chi connectivity index (χ0v) is 18.1. The number of carbonyl (C=O) groups excluding carboxylic acids is 2. The monoisotopic (exact) mass is 396 g/mol. The van der Waals surface area contributed by atoms with Crippen molar-refractivity contribution in [3.05, 3.63) is 40.1 Å². The minimum absolute atomic E-state index is 0.00945. The van der Waals surface area contributed by atoms with Gasteiger partial charge in [-0.05, 0) is 64.3 Å². The van der Waals surface area contributed by atoms with Crippen LogP contribution in [0.3, 0.4) is 0 Å². The van der Waals surface area contributed by atoms with Gasteiger partial charge >= 0.3 is 6.03 Å². The van der Waals surface area contributed by atoms with E-state index in [2.05, 4.69) is 15.6 Å². The zero-order chi connectivity index (χ0) is 21.5. The molecule has 0 saturated heterocycles. The van der Waals surface area contributed by atoms with Crippen LogP contribution in [0.4, 0.5) is 16.3 Å². The van der Waals surface area contributed by atoms with Crippen LogP contribution in [0.25, 0.3) is 0 Å². The van der Waals surface area contributed by atoms with E-state index in [4.69, 9.17) is 4.74 Å². The normalized spacial score (nSPS) is 13.0. The van der Waals surface area contributed by atoms with Crippen LogP contribution in [-0.2, 0) is 11.2 Å². The molecule has 3 amide bonds. The van der Waals surface area contributed by atoms with Crippen LogP contribution < -0.4 is 20.3 Å². The molecule has 2 N–H and O–H groups in total. The van der Waals surface area contributed by atoms with Crippen LogP contribution in [0.15, 0.2) is 12.3 Å². The number of hydrogen-bond acceptors (Lipinski definition) is 4. The summed E-state index contributed by atoms with van der Waals surface area (Å²) in [6, 6.07) is 1.56. The topological polar surface area (TPSA) is 83.6 Å². The second-order valence-corrected chi connectivity index (χ2v) is 7.80. The molecule has 0 bridgehead atoms. The van der Waals surface area contributed by atoms with Gasteiger partial charge in [0.15, 0.2) is 0 Å². The van der Waals surface area contributed by atoms with Crippen molar-refractivity contribution in [2.24, 2.45) is 0 Å².